The summed E-state index contributed by atoms with van der Waals surface area (Å²) in [4.78, 5) is 22.0. The van der Waals surface area contributed by atoms with E-state index in [1.54, 1.807) is 18.5 Å². The number of aromatic amines is 1. The molecule has 2 aromatic carbocycles. The zero-order chi connectivity index (χ0) is 25.5. The average molecular weight is 497 g/mol. The molecular formula is C28H22F2N6O. The monoisotopic (exact) mass is 496 g/mol. The van der Waals surface area contributed by atoms with Crippen LogP contribution < -0.4 is 5.32 Å². The van der Waals surface area contributed by atoms with Gasteiger partial charge in [0, 0.05) is 53.1 Å². The number of allylic oxidation sites excluding steroid dienone is 1. The molecule has 7 nitrogen and oxygen atoms in total. The van der Waals surface area contributed by atoms with E-state index < -0.39 is 6.08 Å². The molecule has 37 heavy (non-hydrogen) atoms. The van der Waals surface area contributed by atoms with Crippen LogP contribution in [0.15, 0.2) is 84.8 Å². The summed E-state index contributed by atoms with van der Waals surface area (Å²) in [5, 5.41) is 11.0. The van der Waals surface area contributed by atoms with Crippen LogP contribution >= 0.6 is 0 Å². The molecule has 1 aliphatic carbocycles. The first-order valence-electron chi connectivity index (χ1n) is 11.8. The Morgan fingerprint density at radius 1 is 1.03 bits per heavy atom. The van der Waals surface area contributed by atoms with Crippen LogP contribution in [0.5, 0.6) is 0 Å². The molecule has 0 atom stereocenters. The van der Waals surface area contributed by atoms with E-state index in [4.69, 9.17) is 0 Å². The quantitative estimate of drug-likeness (QED) is 0.262. The molecule has 3 heterocycles. The fourth-order valence-corrected chi connectivity index (χ4v) is 4.66. The lowest BCUT2D eigenvalue weighted by Gasteiger charge is -2.26. The van der Waals surface area contributed by atoms with Crippen LogP contribution in [-0.2, 0) is 7.05 Å². The van der Waals surface area contributed by atoms with E-state index in [0.29, 0.717) is 17.3 Å². The van der Waals surface area contributed by atoms with E-state index in [0.717, 1.165) is 33.3 Å². The Morgan fingerprint density at radius 3 is 2.54 bits per heavy atom. The second-order valence-electron chi connectivity index (χ2n) is 9.15. The molecule has 3 aromatic heterocycles. The van der Waals surface area contributed by atoms with Gasteiger partial charge in [-0.15, -0.1) is 0 Å². The number of benzene rings is 2. The number of hydrogen-bond donors (Lipinski definition) is 2. The second kappa shape index (κ2) is 9.09. The minimum atomic E-state index is -1.66. The number of nitrogens with one attached hydrogen (secondary N) is 2. The molecule has 0 bridgehead atoms. The predicted octanol–water partition coefficient (Wildman–Crippen LogP) is 6.51. The highest BCUT2D eigenvalue weighted by Gasteiger charge is 2.34. The SMILES string of the molecule is Cn1c(C(=O)C2CC(=C(F)F)C2)cc2ccc(-c3nccc(Nc4ccc(-c5cn[nH]c5)cc4)n3)cc21. The lowest BCUT2D eigenvalue weighted by atomic mass is 9.77. The largest absolute Gasteiger partial charge is 0.341 e. The summed E-state index contributed by atoms with van der Waals surface area (Å²) in [5.41, 5.74) is 5.22. The zero-order valence-electron chi connectivity index (χ0n) is 19.9. The third kappa shape index (κ3) is 4.29. The van der Waals surface area contributed by atoms with Crippen molar-refractivity contribution in [2.24, 2.45) is 13.0 Å². The normalized spacial score (nSPS) is 15.0. The van der Waals surface area contributed by atoms with E-state index in [1.165, 1.54) is 0 Å². The van der Waals surface area contributed by atoms with Gasteiger partial charge < -0.3 is 9.88 Å². The molecule has 1 aliphatic rings. The number of Topliss-reactive ketones (excluding diaryl/α,β-unsaturated/α-hetero) is 1. The van der Waals surface area contributed by atoms with E-state index >= 15 is 0 Å². The van der Waals surface area contributed by atoms with Gasteiger partial charge >= 0.3 is 0 Å². The Bertz CT molecular complexity index is 1640. The lowest BCUT2D eigenvalue weighted by molar-refractivity contribution is 0.0879. The minimum absolute atomic E-state index is 0.0824. The highest BCUT2D eigenvalue weighted by atomic mass is 19.3. The van der Waals surface area contributed by atoms with Gasteiger partial charge in [-0.1, -0.05) is 24.3 Å². The number of H-pyrrole nitrogens is 1. The summed E-state index contributed by atoms with van der Waals surface area (Å²) in [7, 11) is 1.82. The number of rotatable bonds is 6. The molecule has 5 aromatic rings. The van der Waals surface area contributed by atoms with Crippen LogP contribution in [0.4, 0.5) is 20.3 Å². The van der Waals surface area contributed by atoms with Crippen molar-refractivity contribution >= 4 is 28.2 Å². The Labute approximate surface area is 210 Å². The van der Waals surface area contributed by atoms with Crippen molar-refractivity contribution in [3.05, 3.63) is 90.5 Å². The van der Waals surface area contributed by atoms with E-state index in [-0.39, 0.29) is 30.1 Å². The molecule has 0 saturated heterocycles. The molecule has 1 saturated carbocycles. The molecule has 184 valence electrons. The summed E-state index contributed by atoms with van der Waals surface area (Å²) in [6.45, 7) is 0. The lowest BCUT2D eigenvalue weighted by Crippen LogP contribution is -2.26. The number of carbonyl (C=O) groups is 1. The predicted molar refractivity (Wildman–Crippen MR) is 138 cm³/mol. The summed E-state index contributed by atoms with van der Waals surface area (Å²) in [6.07, 6.45) is 3.92. The van der Waals surface area contributed by atoms with Gasteiger partial charge in [-0.3, -0.25) is 9.89 Å². The van der Waals surface area contributed by atoms with Crippen LogP contribution in [0, 0.1) is 5.92 Å². The van der Waals surface area contributed by atoms with E-state index in [1.807, 2.05) is 66.3 Å². The number of ketones is 1. The molecule has 0 unspecified atom stereocenters. The molecule has 6 rings (SSSR count). The number of nitrogens with zero attached hydrogens (tertiary/aromatic N) is 4. The Morgan fingerprint density at radius 2 is 1.81 bits per heavy atom. The molecule has 1 fully saturated rings. The Hall–Kier alpha value is -4.66. The third-order valence-electron chi connectivity index (χ3n) is 6.82. The van der Waals surface area contributed by atoms with Crippen LogP contribution in [0.1, 0.15) is 23.3 Å². The summed E-state index contributed by atoms with van der Waals surface area (Å²) < 4.78 is 27.3. The van der Waals surface area contributed by atoms with Crippen LogP contribution in [0.25, 0.3) is 33.4 Å². The molecule has 9 heteroatoms. The topological polar surface area (TPSA) is 88.5 Å². The zero-order valence-corrected chi connectivity index (χ0v) is 19.9. The first kappa shape index (κ1) is 22.8. The average Bonchev–Trinajstić information content (AvgIpc) is 3.52. The maximum atomic E-state index is 12.9. The molecule has 2 N–H and O–H groups in total. The number of halogens is 2. The first-order valence-corrected chi connectivity index (χ1v) is 11.8. The van der Waals surface area contributed by atoms with Crippen molar-refractivity contribution in [1.29, 1.82) is 0 Å². The van der Waals surface area contributed by atoms with E-state index in [2.05, 4.69) is 25.5 Å². The van der Waals surface area contributed by atoms with E-state index in [9.17, 15) is 13.6 Å². The van der Waals surface area contributed by atoms with Gasteiger partial charge in [0.2, 0.25) is 0 Å². The maximum Gasteiger partial charge on any atom is 0.269 e. The van der Waals surface area contributed by atoms with Crippen molar-refractivity contribution in [2.75, 3.05) is 5.32 Å². The molecular weight excluding hydrogens is 474 g/mol. The first-order chi connectivity index (χ1) is 18.0. The molecule has 0 radical (unpaired) electrons. The Balaban J connectivity index is 1.23. The maximum absolute atomic E-state index is 12.9. The highest BCUT2D eigenvalue weighted by molar-refractivity contribution is 6.02. The fourth-order valence-electron chi connectivity index (χ4n) is 4.66. The van der Waals surface area contributed by atoms with Gasteiger partial charge in [-0.05, 0) is 54.3 Å². The number of fused-ring (bicyclic) bond motifs is 1. The van der Waals surface area contributed by atoms with Gasteiger partial charge in [0.15, 0.2) is 11.6 Å². The summed E-state index contributed by atoms with van der Waals surface area (Å²) in [5.74, 6) is 0.700. The van der Waals surface area contributed by atoms with Crippen LogP contribution in [0.2, 0.25) is 0 Å². The third-order valence-corrected chi connectivity index (χ3v) is 6.82. The van der Waals surface area contributed by atoms with Gasteiger partial charge in [0.05, 0.1) is 11.9 Å². The van der Waals surface area contributed by atoms with Crippen molar-refractivity contribution in [3.8, 4) is 22.5 Å². The smallest absolute Gasteiger partial charge is 0.269 e. The highest BCUT2D eigenvalue weighted by Crippen LogP contribution is 2.39. The number of aromatic nitrogens is 5. The number of aryl methyl sites for hydroxylation is 1. The Kier molecular flexibility index (Phi) is 5.60. The fraction of sp³-hybridized carbons (Fsp3) is 0.143. The van der Waals surface area contributed by atoms with Gasteiger partial charge in [-0.25, -0.2) is 9.97 Å². The van der Waals surface area contributed by atoms with Crippen molar-refractivity contribution < 1.29 is 13.6 Å². The number of hydrogen-bond acceptors (Lipinski definition) is 5. The van der Waals surface area contributed by atoms with Gasteiger partial charge in [0.1, 0.15) is 5.82 Å². The molecule has 0 aliphatic heterocycles. The molecule has 0 amide bonds. The second-order valence-corrected chi connectivity index (χ2v) is 9.15. The van der Waals surface area contributed by atoms with Crippen molar-refractivity contribution in [3.63, 3.8) is 0 Å². The number of anilines is 2. The van der Waals surface area contributed by atoms with Crippen molar-refractivity contribution in [2.45, 2.75) is 12.8 Å². The van der Waals surface area contributed by atoms with Crippen LogP contribution in [0.3, 0.4) is 0 Å². The van der Waals surface area contributed by atoms with Gasteiger partial charge in [-0.2, -0.15) is 13.9 Å². The molecule has 0 spiro atoms. The summed E-state index contributed by atoms with van der Waals surface area (Å²) >= 11 is 0. The standard InChI is InChI=1S/C28H22F2N6O/c1-36-23-13-18(3-2-17(23)12-24(36)26(37)19-10-20(11-19)27(29)30)28-31-9-8-25(35-28)34-22-6-4-16(5-7-22)21-14-32-33-15-21/h2-9,12-15,19H,10-11H2,1H3,(H,32,33)(H,31,34,35). The van der Waals surface area contributed by atoms with Gasteiger partial charge in [0.25, 0.3) is 6.08 Å². The number of carbonyl (C=O) groups excluding carboxylic acids is 1. The van der Waals surface area contributed by atoms with Crippen molar-refractivity contribution in [1.82, 2.24) is 24.7 Å². The summed E-state index contributed by atoms with van der Waals surface area (Å²) in [6, 6.07) is 17.4. The minimum Gasteiger partial charge on any atom is -0.341 e. The van der Waals surface area contributed by atoms with Crippen LogP contribution in [-0.4, -0.2) is 30.5 Å².